The van der Waals surface area contributed by atoms with Crippen molar-refractivity contribution in [3.05, 3.63) is 48.4 Å². The van der Waals surface area contributed by atoms with Crippen LogP contribution in [0.5, 0.6) is 5.75 Å². The van der Waals surface area contributed by atoms with E-state index in [1.54, 1.807) is 24.3 Å². The highest BCUT2D eigenvalue weighted by Crippen LogP contribution is 2.28. The van der Waals surface area contributed by atoms with Crippen molar-refractivity contribution < 1.29 is 23.3 Å². The van der Waals surface area contributed by atoms with E-state index in [9.17, 15) is 8.42 Å². The minimum Gasteiger partial charge on any atom is -0.497 e. The zero-order chi connectivity index (χ0) is 13.9. The Morgan fingerprint density at radius 2 is 1.95 bits per heavy atom. The second kappa shape index (κ2) is 5.46. The summed E-state index contributed by atoms with van der Waals surface area (Å²) >= 11 is 0. The zero-order valence-corrected chi connectivity index (χ0v) is 11.4. The van der Waals surface area contributed by atoms with Crippen LogP contribution in [0.4, 0.5) is 0 Å². The molecule has 102 valence electrons. The quantitative estimate of drug-likeness (QED) is 0.888. The van der Waals surface area contributed by atoms with Gasteiger partial charge in [-0.15, -0.1) is 0 Å². The molecule has 0 unspecified atom stereocenters. The molecule has 0 aliphatic rings. The molecule has 0 aliphatic carbocycles. The third-order valence-corrected chi connectivity index (χ3v) is 5.03. The fraction of sp³-hybridized carbons (Fsp3) is 0.231. The van der Waals surface area contributed by atoms with Gasteiger partial charge < -0.3 is 14.9 Å². The van der Waals surface area contributed by atoms with Crippen molar-refractivity contribution in [1.82, 2.24) is 0 Å². The second-order valence-corrected chi connectivity index (χ2v) is 6.14. The summed E-state index contributed by atoms with van der Waals surface area (Å²) in [6, 6.07) is 9.61. The largest absolute Gasteiger partial charge is 0.497 e. The van der Waals surface area contributed by atoms with Crippen LogP contribution >= 0.6 is 0 Å². The lowest BCUT2D eigenvalue weighted by Gasteiger charge is -2.12. The highest BCUT2D eigenvalue weighted by molar-refractivity contribution is 7.91. The predicted molar refractivity (Wildman–Crippen MR) is 69.4 cm³/mol. The number of hydrogen-bond donors (Lipinski definition) is 1. The maximum absolute atomic E-state index is 12.5. The van der Waals surface area contributed by atoms with Crippen molar-refractivity contribution in [2.45, 2.75) is 10.1 Å². The van der Waals surface area contributed by atoms with Gasteiger partial charge in [-0.05, 0) is 36.4 Å². The number of ether oxygens (including phenoxy) is 1. The Kier molecular flexibility index (Phi) is 3.92. The van der Waals surface area contributed by atoms with Crippen LogP contribution in [0.2, 0.25) is 0 Å². The fourth-order valence-electron chi connectivity index (χ4n) is 1.85. The molecule has 2 aromatic rings. The van der Waals surface area contributed by atoms with Gasteiger partial charge in [0.15, 0.2) is 15.1 Å². The van der Waals surface area contributed by atoms with Gasteiger partial charge in [-0.25, -0.2) is 8.42 Å². The first-order valence-corrected chi connectivity index (χ1v) is 7.35. The van der Waals surface area contributed by atoms with Gasteiger partial charge in [-0.2, -0.15) is 0 Å². The molecule has 0 saturated carbocycles. The third-order valence-electron chi connectivity index (χ3n) is 2.89. The molecule has 1 aromatic carbocycles. The third kappa shape index (κ3) is 2.64. The molecule has 0 aliphatic heterocycles. The minimum atomic E-state index is -3.51. The molecule has 5 nitrogen and oxygen atoms in total. The summed E-state index contributed by atoms with van der Waals surface area (Å²) in [5, 5.41) is -0.768. The van der Waals surface area contributed by atoms with Crippen LogP contribution in [-0.2, 0) is 9.84 Å². The van der Waals surface area contributed by atoms with Gasteiger partial charge in [-0.1, -0.05) is 0 Å². The first-order chi connectivity index (χ1) is 9.09. The highest BCUT2D eigenvalue weighted by Gasteiger charge is 2.31. The second-order valence-electron chi connectivity index (χ2n) is 4.01. The highest BCUT2D eigenvalue weighted by atomic mass is 32.2. The van der Waals surface area contributed by atoms with Gasteiger partial charge in [0.25, 0.3) is 0 Å². The topological polar surface area (TPSA) is 84.2 Å². The Hall–Kier alpha value is -1.79. The summed E-state index contributed by atoms with van der Waals surface area (Å²) in [5.41, 5.74) is 3.70. The molecule has 0 fully saturated rings. The number of hydrogen-bond acceptors (Lipinski definition) is 4. The number of rotatable bonds is 5. The first kappa shape index (κ1) is 13.6. The Labute approximate surface area is 111 Å². The number of quaternary nitrogens is 1. The maximum Gasteiger partial charge on any atom is 0.194 e. The Bertz CT molecular complexity index is 617. The van der Waals surface area contributed by atoms with Gasteiger partial charge in [-0.3, -0.25) is 0 Å². The van der Waals surface area contributed by atoms with Crippen LogP contribution in [0.1, 0.15) is 11.0 Å². The number of sulfone groups is 1. The van der Waals surface area contributed by atoms with Crippen LogP contribution in [-0.4, -0.2) is 22.1 Å². The lowest BCUT2D eigenvalue weighted by atomic mass is 10.3. The summed E-state index contributed by atoms with van der Waals surface area (Å²) in [5.74, 6) is 1.02. The minimum absolute atomic E-state index is 0.210. The summed E-state index contributed by atoms with van der Waals surface area (Å²) < 4.78 is 35.3. The van der Waals surface area contributed by atoms with E-state index in [1.165, 1.54) is 25.5 Å². The molecule has 19 heavy (non-hydrogen) atoms. The van der Waals surface area contributed by atoms with E-state index in [-0.39, 0.29) is 11.4 Å². The molecule has 0 radical (unpaired) electrons. The summed E-state index contributed by atoms with van der Waals surface area (Å²) in [6.07, 6.45) is 1.46. The smallest absolute Gasteiger partial charge is 0.194 e. The number of furan rings is 1. The van der Waals surface area contributed by atoms with Crippen LogP contribution in [0.25, 0.3) is 0 Å². The lowest BCUT2D eigenvalue weighted by molar-refractivity contribution is -0.368. The van der Waals surface area contributed by atoms with Crippen molar-refractivity contribution in [1.29, 1.82) is 0 Å². The van der Waals surface area contributed by atoms with E-state index in [0.29, 0.717) is 11.5 Å². The molecule has 0 amide bonds. The molecule has 1 heterocycles. The zero-order valence-electron chi connectivity index (χ0n) is 10.6. The molecule has 2 rings (SSSR count). The molecular weight excluding hydrogens is 266 g/mol. The maximum atomic E-state index is 12.5. The number of methoxy groups -OCH3 is 1. The van der Waals surface area contributed by atoms with Crippen molar-refractivity contribution in [3.8, 4) is 5.75 Å². The van der Waals surface area contributed by atoms with Crippen molar-refractivity contribution >= 4 is 9.84 Å². The van der Waals surface area contributed by atoms with Crippen molar-refractivity contribution in [2.75, 3.05) is 13.7 Å². The molecule has 0 saturated heterocycles. The van der Waals surface area contributed by atoms with Gasteiger partial charge in [0.05, 0.1) is 24.8 Å². The predicted octanol–water partition coefficient (Wildman–Crippen LogP) is 1.05. The van der Waals surface area contributed by atoms with Gasteiger partial charge >= 0.3 is 0 Å². The molecule has 3 N–H and O–H groups in total. The molecule has 1 aromatic heterocycles. The monoisotopic (exact) mass is 282 g/mol. The van der Waals surface area contributed by atoms with Crippen LogP contribution < -0.4 is 10.5 Å². The number of benzene rings is 1. The summed E-state index contributed by atoms with van der Waals surface area (Å²) in [4.78, 5) is 0.235. The fourth-order valence-corrected chi connectivity index (χ4v) is 3.45. The first-order valence-electron chi connectivity index (χ1n) is 5.80. The van der Waals surface area contributed by atoms with Gasteiger partial charge in [0.1, 0.15) is 11.5 Å². The van der Waals surface area contributed by atoms with E-state index in [0.717, 1.165) is 0 Å². The van der Waals surface area contributed by atoms with E-state index in [1.807, 2.05) is 0 Å². The van der Waals surface area contributed by atoms with E-state index >= 15 is 0 Å². The van der Waals surface area contributed by atoms with E-state index in [4.69, 9.17) is 9.15 Å². The average molecular weight is 282 g/mol. The molecule has 0 bridgehead atoms. The van der Waals surface area contributed by atoms with E-state index in [2.05, 4.69) is 5.73 Å². The van der Waals surface area contributed by atoms with Crippen LogP contribution in [0.3, 0.4) is 0 Å². The molecule has 6 heteroatoms. The Morgan fingerprint density at radius 1 is 1.26 bits per heavy atom. The van der Waals surface area contributed by atoms with Crippen LogP contribution in [0.15, 0.2) is 52.0 Å². The van der Waals surface area contributed by atoms with Gasteiger partial charge in [0, 0.05) is 0 Å². The average Bonchev–Trinajstić information content (AvgIpc) is 2.93. The van der Waals surface area contributed by atoms with Crippen molar-refractivity contribution in [2.24, 2.45) is 0 Å². The summed E-state index contributed by atoms with van der Waals surface area (Å²) in [6.45, 7) is 0.210. The summed E-state index contributed by atoms with van der Waals surface area (Å²) in [7, 11) is -1.98. The normalized spacial score (nSPS) is 13.2. The lowest BCUT2D eigenvalue weighted by Crippen LogP contribution is -2.54. The van der Waals surface area contributed by atoms with Crippen molar-refractivity contribution in [3.63, 3.8) is 0 Å². The molecular formula is C13H16NO4S+. The Morgan fingerprint density at radius 3 is 2.42 bits per heavy atom. The SMILES string of the molecule is COc1ccc(S(=O)(=O)[C@H](C[NH3+])c2ccco2)cc1. The molecule has 1 atom stereocenters. The van der Waals surface area contributed by atoms with Gasteiger partial charge in [0.2, 0.25) is 0 Å². The molecule has 0 spiro atoms. The standard InChI is InChI=1S/C13H15NO4S/c1-17-10-4-6-11(7-5-10)19(15,16)13(9-14)12-3-2-8-18-12/h2-8,13H,9,14H2,1H3/p+1/t13-/m1/s1. The Balaban J connectivity index is 2.39. The van der Waals surface area contributed by atoms with Crippen LogP contribution in [0, 0.1) is 0 Å². The van der Waals surface area contributed by atoms with E-state index < -0.39 is 15.1 Å².